The maximum atomic E-state index is 13.0. The number of rotatable bonds is 4. The molecule has 0 saturated heterocycles. The van der Waals surface area contributed by atoms with E-state index in [1.807, 2.05) is 0 Å². The third-order valence-electron chi connectivity index (χ3n) is 4.54. The molecular weight excluding hydrogens is 342 g/mol. The van der Waals surface area contributed by atoms with Crippen molar-refractivity contribution in [1.29, 1.82) is 0 Å². The summed E-state index contributed by atoms with van der Waals surface area (Å²) in [6, 6.07) is 20.0. The molecule has 3 aromatic carbocycles. The Bertz CT molecular complexity index is 1030. The molecule has 0 saturated carbocycles. The van der Waals surface area contributed by atoms with Gasteiger partial charge in [-0.05, 0) is 48.5 Å². The van der Waals surface area contributed by atoms with Crippen molar-refractivity contribution in [3.05, 3.63) is 95.1 Å². The van der Waals surface area contributed by atoms with Gasteiger partial charge in [0.15, 0.2) is 5.78 Å². The van der Waals surface area contributed by atoms with E-state index in [0.29, 0.717) is 22.4 Å². The molecule has 27 heavy (non-hydrogen) atoms. The lowest BCUT2D eigenvalue weighted by Crippen LogP contribution is -2.31. The third-order valence-corrected chi connectivity index (χ3v) is 4.54. The van der Waals surface area contributed by atoms with E-state index in [-0.39, 0.29) is 17.0 Å². The molecule has 0 atom stereocenters. The maximum Gasteiger partial charge on any atom is 0.266 e. The molecule has 0 unspecified atom stereocenters. The monoisotopic (exact) mass is 357 g/mol. The van der Waals surface area contributed by atoms with Crippen LogP contribution in [-0.2, 0) is 0 Å². The van der Waals surface area contributed by atoms with Gasteiger partial charge in [-0.2, -0.15) is 0 Å². The molecule has 1 aliphatic rings. The number of hydrogen-bond acceptors (Lipinski definition) is 4. The summed E-state index contributed by atoms with van der Waals surface area (Å²) >= 11 is 0. The second kappa shape index (κ2) is 6.53. The molecule has 1 aliphatic heterocycles. The number of ketones is 1. The lowest BCUT2D eigenvalue weighted by atomic mass is 10.0. The molecule has 0 bridgehead atoms. The number of carbonyl (C=O) groups excluding carboxylic acids is 3. The number of para-hydroxylation sites is 1. The van der Waals surface area contributed by atoms with Gasteiger partial charge in [0.2, 0.25) is 0 Å². The van der Waals surface area contributed by atoms with Gasteiger partial charge in [-0.3, -0.25) is 14.4 Å². The highest BCUT2D eigenvalue weighted by molar-refractivity contribution is 6.35. The summed E-state index contributed by atoms with van der Waals surface area (Å²) in [7, 11) is 1.55. The molecule has 0 N–H and O–H groups in total. The van der Waals surface area contributed by atoms with Crippen molar-refractivity contribution in [2.45, 2.75) is 0 Å². The number of hydrogen-bond donors (Lipinski definition) is 0. The highest BCUT2D eigenvalue weighted by Gasteiger charge is 2.37. The van der Waals surface area contributed by atoms with Gasteiger partial charge in [-0.15, -0.1) is 0 Å². The van der Waals surface area contributed by atoms with E-state index in [4.69, 9.17) is 4.74 Å². The number of imide groups is 1. The van der Waals surface area contributed by atoms with E-state index in [0.717, 1.165) is 4.90 Å². The molecular formula is C22H15NO4. The standard InChI is InChI=1S/C22H15NO4/c1-27-15-12-10-14(11-13-15)20(24)18-8-4-5-9-19(18)23-21(25)16-6-2-3-7-17(16)22(23)26/h2-13H,1H3. The fourth-order valence-electron chi connectivity index (χ4n) is 3.17. The first-order valence-electron chi connectivity index (χ1n) is 8.37. The number of ether oxygens (including phenoxy) is 1. The van der Waals surface area contributed by atoms with Crippen LogP contribution in [0.15, 0.2) is 72.8 Å². The van der Waals surface area contributed by atoms with E-state index >= 15 is 0 Å². The van der Waals surface area contributed by atoms with Crippen LogP contribution in [0, 0.1) is 0 Å². The van der Waals surface area contributed by atoms with Gasteiger partial charge in [0, 0.05) is 11.1 Å². The quantitative estimate of drug-likeness (QED) is 0.527. The zero-order valence-corrected chi connectivity index (χ0v) is 14.5. The SMILES string of the molecule is COc1ccc(C(=O)c2ccccc2N2C(=O)c3ccccc3C2=O)cc1. The molecule has 1 heterocycles. The van der Waals surface area contributed by atoms with Crippen molar-refractivity contribution < 1.29 is 19.1 Å². The van der Waals surface area contributed by atoms with Crippen molar-refractivity contribution >= 4 is 23.3 Å². The summed E-state index contributed by atoms with van der Waals surface area (Å²) in [5.74, 6) is -0.485. The first-order chi connectivity index (χ1) is 13.1. The lowest BCUT2D eigenvalue weighted by Gasteiger charge is -2.17. The fraction of sp³-hybridized carbons (Fsp3) is 0.0455. The minimum Gasteiger partial charge on any atom is -0.497 e. The number of nitrogens with zero attached hydrogens (tertiary/aromatic N) is 1. The lowest BCUT2D eigenvalue weighted by molar-refractivity contribution is 0.0926. The predicted molar refractivity (Wildman–Crippen MR) is 100 cm³/mol. The van der Waals surface area contributed by atoms with Gasteiger partial charge in [-0.25, -0.2) is 4.90 Å². The molecule has 4 rings (SSSR count). The third kappa shape index (κ3) is 2.69. The van der Waals surface area contributed by atoms with Crippen molar-refractivity contribution in [3.63, 3.8) is 0 Å². The van der Waals surface area contributed by atoms with Crippen LogP contribution in [0.4, 0.5) is 5.69 Å². The van der Waals surface area contributed by atoms with Crippen LogP contribution in [-0.4, -0.2) is 24.7 Å². The van der Waals surface area contributed by atoms with E-state index < -0.39 is 11.8 Å². The zero-order valence-electron chi connectivity index (χ0n) is 14.5. The Morgan fingerprint density at radius 3 is 1.93 bits per heavy atom. The first-order valence-corrected chi connectivity index (χ1v) is 8.37. The summed E-state index contributed by atoms with van der Waals surface area (Å²) in [5, 5.41) is 0. The van der Waals surface area contributed by atoms with Gasteiger partial charge in [0.25, 0.3) is 11.8 Å². The molecule has 5 nitrogen and oxygen atoms in total. The van der Waals surface area contributed by atoms with Gasteiger partial charge < -0.3 is 4.74 Å². The predicted octanol–water partition coefficient (Wildman–Crippen LogP) is 3.73. The van der Waals surface area contributed by atoms with E-state index in [2.05, 4.69) is 0 Å². The Hall–Kier alpha value is -3.73. The highest BCUT2D eigenvalue weighted by Crippen LogP contribution is 2.31. The molecule has 0 aromatic heterocycles. The maximum absolute atomic E-state index is 13.0. The molecule has 3 aromatic rings. The molecule has 132 valence electrons. The molecule has 0 spiro atoms. The smallest absolute Gasteiger partial charge is 0.266 e. The van der Waals surface area contributed by atoms with Crippen LogP contribution in [0.5, 0.6) is 5.75 Å². The van der Waals surface area contributed by atoms with E-state index in [1.54, 1.807) is 79.9 Å². The normalized spacial score (nSPS) is 12.9. The van der Waals surface area contributed by atoms with Crippen LogP contribution in [0.3, 0.4) is 0 Å². The van der Waals surface area contributed by atoms with Crippen LogP contribution in [0.1, 0.15) is 36.6 Å². The zero-order chi connectivity index (χ0) is 19.0. The van der Waals surface area contributed by atoms with Crippen LogP contribution >= 0.6 is 0 Å². The Labute approximate surface area is 155 Å². The number of anilines is 1. The number of benzene rings is 3. The van der Waals surface area contributed by atoms with Crippen molar-refractivity contribution in [1.82, 2.24) is 0 Å². The average molecular weight is 357 g/mol. The molecule has 2 amide bonds. The number of methoxy groups -OCH3 is 1. The minimum atomic E-state index is -0.425. The Morgan fingerprint density at radius 2 is 1.33 bits per heavy atom. The van der Waals surface area contributed by atoms with Crippen molar-refractivity contribution in [2.24, 2.45) is 0 Å². The first kappa shape index (κ1) is 16.7. The average Bonchev–Trinajstić information content (AvgIpc) is 2.98. The minimum absolute atomic E-state index is 0.273. The summed E-state index contributed by atoms with van der Waals surface area (Å²) in [4.78, 5) is 39.6. The Balaban J connectivity index is 1.77. The summed E-state index contributed by atoms with van der Waals surface area (Å²) in [6.07, 6.45) is 0. The van der Waals surface area contributed by atoms with Crippen molar-refractivity contribution in [3.8, 4) is 5.75 Å². The van der Waals surface area contributed by atoms with E-state index in [9.17, 15) is 14.4 Å². The molecule has 0 fully saturated rings. The Morgan fingerprint density at radius 1 is 0.778 bits per heavy atom. The molecule has 0 radical (unpaired) electrons. The van der Waals surface area contributed by atoms with Gasteiger partial charge in [0.05, 0.1) is 23.9 Å². The number of amides is 2. The van der Waals surface area contributed by atoms with Gasteiger partial charge in [0.1, 0.15) is 5.75 Å². The Kier molecular flexibility index (Phi) is 4.05. The van der Waals surface area contributed by atoms with Crippen LogP contribution < -0.4 is 9.64 Å². The van der Waals surface area contributed by atoms with E-state index in [1.165, 1.54) is 0 Å². The highest BCUT2D eigenvalue weighted by atomic mass is 16.5. The van der Waals surface area contributed by atoms with Crippen LogP contribution in [0.25, 0.3) is 0 Å². The summed E-state index contributed by atoms with van der Waals surface area (Å²) < 4.78 is 5.11. The molecule has 0 aliphatic carbocycles. The summed E-state index contributed by atoms with van der Waals surface area (Å²) in [6.45, 7) is 0. The topological polar surface area (TPSA) is 63.7 Å². The van der Waals surface area contributed by atoms with Gasteiger partial charge >= 0.3 is 0 Å². The van der Waals surface area contributed by atoms with Crippen LogP contribution in [0.2, 0.25) is 0 Å². The number of carbonyl (C=O) groups is 3. The fourth-order valence-corrected chi connectivity index (χ4v) is 3.17. The van der Waals surface area contributed by atoms with Crippen molar-refractivity contribution in [2.75, 3.05) is 12.0 Å². The van der Waals surface area contributed by atoms with Gasteiger partial charge in [-0.1, -0.05) is 24.3 Å². The molecule has 5 heteroatoms. The second-order valence-electron chi connectivity index (χ2n) is 6.07. The largest absolute Gasteiger partial charge is 0.497 e. The summed E-state index contributed by atoms with van der Waals surface area (Å²) in [5.41, 5.74) is 1.70. The second-order valence-corrected chi connectivity index (χ2v) is 6.07. The number of fused-ring (bicyclic) bond motifs is 1.